The summed E-state index contributed by atoms with van der Waals surface area (Å²) in [5, 5.41) is 9.88. The first-order chi connectivity index (χ1) is 8.50. The van der Waals surface area contributed by atoms with E-state index in [0.29, 0.717) is 0 Å². The maximum atomic E-state index is 13.8. The highest BCUT2D eigenvalue weighted by Crippen LogP contribution is 2.27. The van der Waals surface area contributed by atoms with Gasteiger partial charge in [-0.05, 0) is 29.0 Å². The second-order valence-corrected chi connectivity index (χ2v) is 3.73. The van der Waals surface area contributed by atoms with Gasteiger partial charge in [0.15, 0.2) is 0 Å². The van der Waals surface area contributed by atoms with Gasteiger partial charge in [-0.3, -0.25) is 9.78 Å². The number of halogens is 2. The molecule has 6 nitrogen and oxygen atoms in total. The topological polar surface area (TPSA) is 73.6 Å². The highest BCUT2D eigenvalue weighted by atomic mass is 19.3. The number of pyridine rings is 1. The Morgan fingerprint density at radius 3 is 2.78 bits per heavy atom. The number of alkyl halides is 2. The average Bonchev–Trinajstić information content (AvgIpc) is 2.82. The zero-order valence-corrected chi connectivity index (χ0v) is 9.42. The molecule has 2 rings (SSSR count). The minimum atomic E-state index is -3.65. The summed E-state index contributed by atoms with van der Waals surface area (Å²) in [5.41, 5.74) is 0.161. The number of carbonyl (C=O) groups excluding carboxylic acids is 1. The van der Waals surface area contributed by atoms with E-state index in [1.807, 2.05) is 0 Å². The summed E-state index contributed by atoms with van der Waals surface area (Å²) >= 11 is 0. The van der Waals surface area contributed by atoms with Gasteiger partial charge in [0.05, 0.1) is 0 Å². The van der Waals surface area contributed by atoms with Crippen LogP contribution < -0.4 is 0 Å². The molecule has 0 aliphatic heterocycles. The Morgan fingerprint density at radius 2 is 2.22 bits per heavy atom. The van der Waals surface area contributed by atoms with Crippen LogP contribution in [0.25, 0.3) is 0 Å². The van der Waals surface area contributed by atoms with Crippen molar-refractivity contribution >= 4 is 5.78 Å². The predicted molar refractivity (Wildman–Crippen MR) is 55.7 cm³/mol. The van der Waals surface area contributed by atoms with Gasteiger partial charge in [-0.1, -0.05) is 6.07 Å². The Morgan fingerprint density at radius 1 is 1.44 bits per heavy atom. The number of carbonyl (C=O) groups is 1. The lowest BCUT2D eigenvalue weighted by Crippen LogP contribution is -2.30. The molecule has 94 valence electrons. The van der Waals surface area contributed by atoms with Crippen molar-refractivity contribution in [3.63, 3.8) is 0 Å². The number of aryl methyl sites for hydroxylation is 1. The van der Waals surface area contributed by atoms with Crippen LogP contribution in [0, 0.1) is 6.92 Å². The molecule has 0 unspecified atom stereocenters. The van der Waals surface area contributed by atoms with Crippen LogP contribution in [0.15, 0.2) is 24.7 Å². The van der Waals surface area contributed by atoms with Gasteiger partial charge in [-0.2, -0.15) is 8.78 Å². The van der Waals surface area contributed by atoms with Crippen molar-refractivity contribution in [2.45, 2.75) is 19.4 Å². The number of tetrazole rings is 1. The molecule has 0 aliphatic rings. The summed E-state index contributed by atoms with van der Waals surface area (Å²) in [6, 6.07) is 2.60. The second kappa shape index (κ2) is 4.55. The van der Waals surface area contributed by atoms with E-state index in [1.54, 1.807) is 6.92 Å². The van der Waals surface area contributed by atoms with Crippen molar-refractivity contribution in [2.75, 3.05) is 0 Å². The van der Waals surface area contributed by atoms with Crippen LogP contribution in [0.1, 0.15) is 11.3 Å². The molecule has 18 heavy (non-hydrogen) atoms. The van der Waals surface area contributed by atoms with Gasteiger partial charge in [-0.15, -0.1) is 5.10 Å². The molecule has 0 saturated heterocycles. The van der Waals surface area contributed by atoms with Crippen molar-refractivity contribution in [2.24, 2.45) is 0 Å². The van der Waals surface area contributed by atoms with E-state index in [2.05, 4.69) is 20.5 Å². The third kappa shape index (κ3) is 2.36. The first-order valence-corrected chi connectivity index (χ1v) is 5.05. The Balaban J connectivity index is 2.19. The summed E-state index contributed by atoms with van der Waals surface area (Å²) in [4.78, 5) is 15.1. The summed E-state index contributed by atoms with van der Waals surface area (Å²) in [6.07, 6.45) is 2.38. The molecule has 0 bridgehead atoms. The first-order valence-electron chi connectivity index (χ1n) is 5.05. The van der Waals surface area contributed by atoms with Crippen molar-refractivity contribution in [3.8, 4) is 0 Å². The lowest BCUT2D eigenvalue weighted by molar-refractivity contribution is -0.146. The van der Waals surface area contributed by atoms with Crippen LogP contribution >= 0.6 is 0 Å². The number of hydrogen-bond acceptors (Lipinski definition) is 5. The van der Waals surface area contributed by atoms with Crippen molar-refractivity contribution in [1.29, 1.82) is 0 Å². The van der Waals surface area contributed by atoms with E-state index < -0.39 is 23.9 Å². The van der Waals surface area contributed by atoms with Gasteiger partial charge < -0.3 is 0 Å². The molecule has 2 aromatic rings. The van der Waals surface area contributed by atoms with Crippen molar-refractivity contribution in [1.82, 2.24) is 25.2 Å². The molecule has 2 aromatic heterocycles. The Kier molecular flexibility index (Phi) is 3.09. The SMILES string of the molecule is Cc1ccc(C(F)(F)C(=O)Cn2cnnn2)nc1. The van der Waals surface area contributed by atoms with Crippen LogP contribution in [0.2, 0.25) is 0 Å². The minimum Gasteiger partial charge on any atom is -0.290 e. The standard InChI is InChI=1S/C10H9F2N5O/c1-7-2-3-8(13-4-7)10(11,12)9(18)5-17-6-14-15-16-17/h2-4,6H,5H2,1H3. The highest BCUT2D eigenvalue weighted by Gasteiger charge is 2.42. The number of hydrogen-bond donors (Lipinski definition) is 0. The fraction of sp³-hybridized carbons (Fsp3) is 0.300. The third-order valence-electron chi connectivity index (χ3n) is 2.28. The molecule has 0 spiro atoms. The van der Waals surface area contributed by atoms with Crippen LogP contribution in [-0.4, -0.2) is 31.0 Å². The van der Waals surface area contributed by atoms with Gasteiger partial charge in [0.1, 0.15) is 18.6 Å². The summed E-state index contributed by atoms with van der Waals surface area (Å²) in [5.74, 6) is -4.97. The second-order valence-electron chi connectivity index (χ2n) is 3.73. The monoisotopic (exact) mass is 253 g/mol. The molecular formula is C10H9F2N5O. The number of ketones is 1. The van der Waals surface area contributed by atoms with E-state index in [1.165, 1.54) is 12.3 Å². The summed E-state index contributed by atoms with van der Waals surface area (Å²) < 4.78 is 28.5. The molecular weight excluding hydrogens is 244 g/mol. The smallest absolute Gasteiger partial charge is 0.290 e. The normalized spacial score (nSPS) is 11.5. The molecule has 8 heteroatoms. The molecule has 0 aliphatic carbocycles. The molecule has 0 radical (unpaired) electrons. The fourth-order valence-electron chi connectivity index (χ4n) is 1.30. The van der Waals surface area contributed by atoms with Gasteiger partial charge in [0, 0.05) is 6.20 Å². The molecule has 0 N–H and O–H groups in total. The predicted octanol–water partition coefficient (Wildman–Crippen LogP) is 0.738. The molecule has 0 aromatic carbocycles. The van der Waals surface area contributed by atoms with Crippen LogP contribution in [0.5, 0.6) is 0 Å². The minimum absolute atomic E-state index is 0.578. The molecule has 2 heterocycles. The maximum absolute atomic E-state index is 13.8. The molecule has 0 saturated carbocycles. The number of Topliss-reactive ketones (excluding diaryl/α,β-unsaturated/α-hetero) is 1. The van der Waals surface area contributed by atoms with Gasteiger partial charge in [-0.25, -0.2) is 4.68 Å². The summed E-state index contributed by atoms with van der Waals surface area (Å²) in [6.45, 7) is 1.12. The van der Waals surface area contributed by atoms with Crippen molar-refractivity contribution in [3.05, 3.63) is 35.9 Å². The average molecular weight is 253 g/mol. The van der Waals surface area contributed by atoms with Crippen LogP contribution in [0.3, 0.4) is 0 Å². The Bertz CT molecular complexity index is 538. The van der Waals surface area contributed by atoms with E-state index in [-0.39, 0.29) is 0 Å². The third-order valence-corrected chi connectivity index (χ3v) is 2.28. The summed E-state index contributed by atoms with van der Waals surface area (Å²) in [7, 11) is 0. The zero-order chi connectivity index (χ0) is 13.2. The van der Waals surface area contributed by atoms with E-state index in [4.69, 9.17) is 0 Å². The maximum Gasteiger partial charge on any atom is 0.348 e. The van der Waals surface area contributed by atoms with Gasteiger partial charge in [0.25, 0.3) is 0 Å². The Labute approximate surface area is 101 Å². The van der Waals surface area contributed by atoms with Crippen LogP contribution in [0.4, 0.5) is 8.78 Å². The lowest BCUT2D eigenvalue weighted by Gasteiger charge is -2.14. The van der Waals surface area contributed by atoms with E-state index in [9.17, 15) is 13.6 Å². The lowest BCUT2D eigenvalue weighted by atomic mass is 10.1. The Hall–Kier alpha value is -2.25. The number of rotatable bonds is 4. The quantitative estimate of drug-likeness (QED) is 0.803. The first kappa shape index (κ1) is 12.2. The molecule has 0 atom stereocenters. The highest BCUT2D eigenvalue weighted by molar-refractivity contribution is 5.86. The zero-order valence-electron chi connectivity index (χ0n) is 9.42. The van der Waals surface area contributed by atoms with Gasteiger partial charge in [0.2, 0.25) is 5.78 Å². The molecule has 0 amide bonds. The number of nitrogens with zero attached hydrogens (tertiary/aromatic N) is 5. The largest absolute Gasteiger partial charge is 0.348 e. The van der Waals surface area contributed by atoms with Crippen molar-refractivity contribution < 1.29 is 13.6 Å². The van der Waals surface area contributed by atoms with Gasteiger partial charge >= 0.3 is 5.92 Å². The number of aromatic nitrogens is 5. The van der Waals surface area contributed by atoms with E-state index in [0.717, 1.165) is 22.6 Å². The fourth-order valence-corrected chi connectivity index (χ4v) is 1.30. The van der Waals surface area contributed by atoms with Crippen LogP contribution in [-0.2, 0) is 17.3 Å². The van der Waals surface area contributed by atoms with E-state index >= 15 is 0 Å². The molecule has 0 fully saturated rings.